The molecule has 0 bridgehead atoms. The fourth-order valence-electron chi connectivity index (χ4n) is 3.35. The van der Waals surface area contributed by atoms with E-state index in [0.717, 1.165) is 11.0 Å². The Morgan fingerprint density at radius 2 is 1.38 bits per heavy atom. The summed E-state index contributed by atoms with van der Waals surface area (Å²) in [6.07, 6.45) is 0. The Kier molecular flexibility index (Phi) is 3.97. The Labute approximate surface area is 150 Å². The molecule has 0 aliphatic carbocycles. The molecule has 1 heterocycles. The van der Waals surface area contributed by atoms with Gasteiger partial charge in [-0.25, -0.2) is 4.79 Å². The van der Waals surface area contributed by atoms with E-state index in [0.29, 0.717) is 23.5 Å². The van der Waals surface area contributed by atoms with Gasteiger partial charge in [0.2, 0.25) is 0 Å². The lowest BCUT2D eigenvalue weighted by Crippen LogP contribution is -2.12. The van der Waals surface area contributed by atoms with Gasteiger partial charge in [0, 0.05) is 33.2 Å². The molecular weight excluding hydrogens is 326 g/mol. The summed E-state index contributed by atoms with van der Waals surface area (Å²) >= 11 is 0. The summed E-state index contributed by atoms with van der Waals surface area (Å²) in [5.41, 5.74) is 15.0. The molecule has 1 aromatic heterocycles. The minimum Gasteiger partial charge on any atom is -0.460 e. The first-order valence-corrected chi connectivity index (χ1v) is 8.42. The molecule has 0 saturated heterocycles. The van der Waals surface area contributed by atoms with Gasteiger partial charge in [-0.2, -0.15) is 0 Å². The first-order valence-electron chi connectivity index (χ1n) is 8.42. The number of para-hydroxylation sites is 2. The number of nitrogens with zero attached hydrogens (tertiary/aromatic N) is 1. The minimum atomic E-state index is -0.426. The average Bonchev–Trinajstić information content (AvgIpc) is 2.95. The molecule has 0 spiro atoms. The van der Waals surface area contributed by atoms with Gasteiger partial charge in [-0.3, -0.25) is 0 Å². The van der Waals surface area contributed by atoms with Gasteiger partial charge in [-0.05, 0) is 30.3 Å². The van der Waals surface area contributed by atoms with Gasteiger partial charge in [0.15, 0.2) is 0 Å². The average molecular weight is 345 g/mol. The van der Waals surface area contributed by atoms with Gasteiger partial charge in [0.25, 0.3) is 0 Å². The predicted molar refractivity (Wildman–Crippen MR) is 105 cm³/mol. The molecule has 130 valence electrons. The zero-order valence-electron chi connectivity index (χ0n) is 14.2. The highest BCUT2D eigenvalue weighted by Gasteiger charge is 2.12. The van der Waals surface area contributed by atoms with Crippen molar-refractivity contribution in [3.63, 3.8) is 0 Å². The number of hydrogen-bond donors (Lipinski definition) is 2. The lowest BCUT2D eigenvalue weighted by Gasteiger charge is -2.09. The van der Waals surface area contributed by atoms with E-state index in [1.165, 1.54) is 10.8 Å². The lowest BCUT2D eigenvalue weighted by molar-refractivity contribution is 0.0494. The summed E-state index contributed by atoms with van der Waals surface area (Å²) in [6.45, 7) is 0.827. The highest BCUT2D eigenvalue weighted by Crippen LogP contribution is 2.28. The molecule has 4 N–H and O–H groups in total. The number of hydrogen-bond acceptors (Lipinski definition) is 4. The molecule has 0 amide bonds. The summed E-state index contributed by atoms with van der Waals surface area (Å²) in [4.78, 5) is 12.3. The van der Waals surface area contributed by atoms with Crippen LogP contribution < -0.4 is 11.5 Å². The Morgan fingerprint density at radius 1 is 0.846 bits per heavy atom. The molecular formula is C21H19N3O2. The van der Waals surface area contributed by atoms with E-state index in [1.54, 1.807) is 18.2 Å². The number of carbonyl (C=O) groups excluding carboxylic acids is 1. The van der Waals surface area contributed by atoms with Crippen molar-refractivity contribution in [3.05, 3.63) is 72.3 Å². The molecule has 0 atom stereocenters. The van der Waals surface area contributed by atoms with Crippen LogP contribution in [0.25, 0.3) is 21.8 Å². The smallest absolute Gasteiger partial charge is 0.338 e. The third-order valence-electron chi connectivity index (χ3n) is 4.44. The van der Waals surface area contributed by atoms with Crippen molar-refractivity contribution < 1.29 is 9.53 Å². The summed E-state index contributed by atoms with van der Waals surface area (Å²) < 4.78 is 7.61. The zero-order valence-corrected chi connectivity index (χ0v) is 14.2. The number of nitrogens with two attached hydrogens (primary N) is 2. The molecule has 4 aromatic rings. The molecule has 26 heavy (non-hydrogen) atoms. The van der Waals surface area contributed by atoms with Gasteiger partial charge < -0.3 is 20.8 Å². The molecule has 0 aliphatic rings. The lowest BCUT2D eigenvalue weighted by atomic mass is 10.2. The van der Waals surface area contributed by atoms with Crippen molar-refractivity contribution >= 4 is 39.1 Å². The van der Waals surface area contributed by atoms with E-state index in [9.17, 15) is 4.79 Å². The maximum absolute atomic E-state index is 12.3. The van der Waals surface area contributed by atoms with E-state index < -0.39 is 5.97 Å². The number of fused-ring (bicyclic) bond motifs is 3. The van der Waals surface area contributed by atoms with E-state index in [1.807, 2.05) is 24.3 Å². The monoisotopic (exact) mass is 345 g/mol. The number of aromatic nitrogens is 1. The second kappa shape index (κ2) is 6.44. The minimum absolute atomic E-state index is 0.260. The molecule has 0 saturated carbocycles. The standard InChI is InChI=1S/C21H19N3O2/c22-15-11-14(12-16(23)13-15)21(25)26-10-9-24-19-7-3-1-5-17(19)18-6-2-4-8-20(18)24/h1-8,11-13H,9-10,22-23H2. The van der Waals surface area contributed by atoms with Crippen molar-refractivity contribution in [1.29, 1.82) is 0 Å². The van der Waals surface area contributed by atoms with Crippen LogP contribution in [0.15, 0.2) is 66.7 Å². The molecule has 3 aromatic carbocycles. The largest absolute Gasteiger partial charge is 0.460 e. The molecule has 0 unspecified atom stereocenters. The van der Waals surface area contributed by atoms with Crippen molar-refractivity contribution in [2.24, 2.45) is 0 Å². The quantitative estimate of drug-likeness (QED) is 0.435. The fourth-order valence-corrected chi connectivity index (χ4v) is 3.35. The number of anilines is 2. The number of nitrogen functional groups attached to an aromatic ring is 2. The Hall–Kier alpha value is -3.47. The number of rotatable bonds is 4. The highest BCUT2D eigenvalue weighted by atomic mass is 16.5. The normalized spacial score (nSPS) is 11.1. The maximum atomic E-state index is 12.3. The van der Waals surface area contributed by atoms with Crippen LogP contribution in [0.5, 0.6) is 0 Å². The van der Waals surface area contributed by atoms with E-state index in [2.05, 4.69) is 28.8 Å². The van der Waals surface area contributed by atoms with Crippen LogP contribution in [0.2, 0.25) is 0 Å². The third kappa shape index (κ3) is 2.84. The summed E-state index contributed by atoms with van der Waals surface area (Å²) in [7, 11) is 0. The second-order valence-corrected chi connectivity index (χ2v) is 6.21. The number of benzene rings is 3. The van der Waals surface area contributed by atoms with E-state index >= 15 is 0 Å². The van der Waals surface area contributed by atoms with Crippen LogP contribution in [0.4, 0.5) is 11.4 Å². The van der Waals surface area contributed by atoms with E-state index in [-0.39, 0.29) is 6.61 Å². The highest BCUT2D eigenvalue weighted by molar-refractivity contribution is 6.07. The first-order chi connectivity index (χ1) is 12.6. The van der Waals surface area contributed by atoms with Gasteiger partial charge in [0.1, 0.15) is 6.61 Å². The predicted octanol–water partition coefficient (Wildman–Crippen LogP) is 3.82. The summed E-state index contributed by atoms with van der Waals surface area (Å²) in [6, 6.07) is 21.2. The maximum Gasteiger partial charge on any atom is 0.338 e. The van der Waals surface area contributed by atoms with Gasteiger partial charge in [-0.15, -0.1) is 0 Å². The summed E-state index contributed by atoms with van der Waals surface area (Å²) in [5.74, 6) is -0.426. The third-order valence-corrected chi connectivity index (χ3v) is 4.44. The topological polar surface area (TPSA) is 83.3 Å². The van der Waals surface area contributed by atoms with Gasteiger partial charge >= 0.3 is 5.97 Å². The second-order valence-electron chi connectivity index (χ2n) is 6.21. The molecule has 5 heteroatoms. The Balaban J connectivity index is 1.57. The zero-order chi connectivity index (χ0) is 18.1. The van der Waals surface area contributed by atoms with E-state index in [4.69, 9.17) is 16.2 Å². The van der Waals surface area contributed by atoms with Crippen LogP contribution >= 0.6 is 0 Å². The molecule has 0 radical (unpaired) electrons. The van der Waals surface area contributed by atoms with Gasteiger partial charge in [-0.1, -0.05) is 36.4 Å². The van der Waals surface area contributed by atoms with Crippen molar-refractivity contribution in [2.45, 2.75) is 6.54 Å². The Morgan fingerprint density at radius 3 is 1.96 bits per heavy atom. The van der Waals surface area contributed by atoms with Crippen molar-refractivity contribution in [2.75, 3.05) is 18.1 Å². The first kappa shape index (κ1) is 16.0. The Bertz CT molecular complexity index is 1040. The molecule has 4 rings (SSSR count). The number of ether oxygens (including phenoxy) is 1. The molecule has 0 fully saturated rings. The molecule has 0 aliphatic heterocycles. The summed E-state index contributed by atoms with van der Waals surface area (Å²) in [5, 5.41) is 2.39. The number of carbonyl (C=O) groups is 1. The van der Waals surface area contributed by atoms with Gasteiger partial charge in [0.05, 0.1) is 12.1 Å². The van der Waals surface area contributed by atoms with Crippen LogP contribution in [-0.2, 0) is 11.3 Å². The SMILES string of the molecule is Nc1cc(N)cc(C(=O)OCCn2c3ccccc3c3ccccc32)c1. The van der Waals surface area contributed by atoms with Crippen LogP contribution in [0.1, 0.15) is 10.4 Å². The van der Waals surface area contributed by atoms with Crippen LogP contribution in [-0.4, -0.2) is 17.1 Å². The van der Waals surface area contributed by atoms with Crippen LogP contribution in [0.3, 0.4) is 0 Å². The van der Waals surface area contributed by atoms with Crippen molar-refractivity contribution in [1.82, 2.24) is 4.57 Å². The van der Waals surface area contributed by atoms with Crippen LogP contribution in [0, 0.1) is 0 Å². The molecule has 5 nitrogen and oxygen atoms in total. The van der Waals surface area contributed by atoms with Crippen molar-refractivity contribution in [3.8, 4) is 0 Å². The number of esters is 1. The fraction of sp³-hybridized carbons (Fsp3) is 0.0952.